The van der Waals surface area contributed by atoms with Crippen LogP contribution in [0.25, 0.3) is 6.08 Å². The van der Waals surface area contributed by atoms with Crippen molar-refractivity contribution < 1.29 is 4.74 Å². The summed E-state index contributed by atoms with van der Waals surface area (Å²) in [5.41, 5.74) is 11.1. The molecule has 1 aliphatic heterocycles. The fraction of sp³-hybridized carbons (Fsp3) is 0.136. The minimum Gasteiger partial charge on any atom is -0.440 e. The Bertz CT molecular complexity index is 931. The third kappa shape index (κ3) is 2.72. The Labute approximate surface area is 147 Å². The lowest BCUT2D eigenvalue weighted by Crippen LogP contribution is -2.19. The highest BCUT2D eigenvalue weighted by atomic mass is 16.5. The van der Waals surface area contributed by atoms with Gasteiger partial charge in [0, 0.05) is 5.92 Å². The van der Waals surface area contributed by atoms with Crippen molar-refractivity contribution in [3.05, 3.63) is 100 Å². The van der Waals surface area contributed by atoms with Crippen LogP contribution in [0.4, 0.5) is 0 Å². The van der Waals surface area contributed by atoms with Crippen LogP contribution in [0.5, 0.6) is 0 Å². The molecule has 4 rings (SSSR count). The third-order valence-electron chi connectivity index (χ3n) is 4.76. The molecule has 122 valence electrons. The second-order valence-corrected chi connectivity index (χ2v) is 6.27. The van der Waals surface area contributed by atoms with E-state index in [1.165, 1.54) is 0 Å². The van der Waals surface area contributed by atoms with E-state index in [1.807, 2.05) is 48.5 Å². The average Bonchev–Trinajstić information content (AvgIpc) is 3.04. The number of benzene rings is 2. The molecular weight excluding hydrogens is 308 g/mol. The molecule has 0 bridgehead atoms. The minimum atomic E-state index is -0.114. The molecule has 0 amide bonds. The maximum Gasteiger partial charge on any atom is 0.205 e. The van der Waals surface area contributed by atoms with Crippen LogP contribution in [0, 0.1) is 11.3 Å². The van der Waals surface area contributed by atoms with Crippen molar-refractivity contribution >= 4 is 6.08 Å². The van der Waals surface area contributed by atoms with Crippen LogP contribution >= 0.6 is 0 Å². The lowest BCUT2D eigenvalue weighted by Gasteiger charge is -2.26. The van der Waals surface area contributed by atoms with Crippen molar-refractivity contribution in [1.29, 1.82) is 5.26 Å². The maximum absolute atomic E-state index is 9.61. The molecule has 0 saturated carbocycles. The zero-order chi connectivity index (χ0) is 17.2. The second-order valence-electron chi connectivity index (χ2n) is 6.27. The number of allylic oxidation sites excluding steroid dienone is 3. The number of hydrogen-bond acceptors (Lipinski definition) is 3. The molecule has 1 atom stereocenters. The first-order chi connectivity index (χ1) is 12.3. The SMILES string of the molecule is N#CC1=C(N)OC2=C(CC/C2=C\c2ccccc2)[C@H]1c1ccccc1. The zero-order valence-electron chi connectivity index (χ0n) is 13.8. The van der Waals surface area contributed by atoms with Gasteiger partial charge in [0.25, 0.3) is 0 Å². The molecular formula is C22H18N2O. The summed E-state index contributed by atoms with van der Waals surface area (Å²) in [6, 6.07) is 22.5. The molecule has 2 aromatic rings. The average molecular weight is 326 g/mol. The molecule has 0 saturated heterocycles. The van der Waals surface area contributed by atoms with E-state index < -0.39 is 0 Å². The fourth-order valence-corrected chi connectivity index (χ4v) is 3.61. The van der Waals surface area contributed by atoms with Crippen molar-refractivity contribution in [2.75, 3.05) is 0 Å². The number of nitrogens with zero attached hydrogens (tertiary/aromatic N) is 1. The summed E-state index contributed by atoms with van der Waals surface area (Å²) in [4.78, 5) is 0. The van der Waals surface area contributed by atoms with Crippen LogP contribution in [0.15, 0.2) is 89.0 Å². The number of rotatable bonds is 2. The van der Waals surface area contributed by atoms with Gasteiger partial charge in [-0.25, -0.2) is 0 Å². The lowest BCUT2D eigenvalue weighted by atomic mass is 9.83. The van der Waals surface area contributed by atoms with Gasteiger partial charge in [0.1, 0.15) is 17.4 Å². The van der Waals surface area contributed by atoms with E-state index in [1.54, 1.807) is 0 Å². The molecule has 3 nitrogen and oxygen atoms in total. The molecule has 3 heteroatoms. The molecule has 2 aromatic carbocycles. The van der Waals surface area contributed by atoms with Gasteiger partial charge in [0.05, 0.1) is 0 Å². The van der Waals surface area contributed by atoms with Crippen molar-refractivity contribution in [3.63, 3.8) is 0 Å². The summed E-state index contributed by atoms with van der Waals surface area (Å²) in [6.45, 7) is 0. The first-order valence-electron chi connectivity index (χ1n) is 8.39. The Hall–Kier alpha value is -3.25. The third-order valence-corrected chi connectivity index (χ3v) is 4.76. The number of ether oxygens (including phenoxy) is 1. The van der Waals surface area contributed by atoms with E-state index >= 15 is 0 Å². The lowest BCUT2D eigenvalue weighted by molar-refractivity contribution is 0.292. The molecule has 0 aromatic heterocycles. The highest BCUT2D eigenvalue weighted by Gasteiger charge is 2.36. The predicted octanol–water partition coefficient (Wildman–Crippen LogP) is 4.63. The monoisotopic (exact) mass is 326 g/mol. The molecule has 2 aliphatic rings. The summed E-state index contributed by atoms with van der Waals surface area (Å²) in [5.74, 6) is 0.946. The summed E-state index contributed by atoms with van der Waals surface area (Å²) in [6.07, 6.45) is 3.93. The first kappa shape index (κ1) is 15.3. The summed E-state index contributed by atoms with van der Waals surface area (Å²) < 4.78 is 5.90. The van der Waals surface area contributed by atoms with E-state index in [-0.39, 0.29) is 11.8 Å². The standard InChI is InChI=1S/C22H18N2O/c23-14-19-20(16-9-5-2-6-10-16)18-12-11-17(21(18)25-22(19)24)13-15-7-3-1-4-8-15/h1-10,13,20H,11-12,24H2/b17-13+/t20-/m1/s1. The fourth-order valence-electron chi connectivity index (χ4n) is 3.61. The summed E-state index contributed by atoms with van der Waals surface area (Å²) >= 11 is 0. The summed E-state index contributed by atoms with van der Waals surface area (Å²) in [7, 11) is 0. The Balaban J connectivity index is 1.81. The number of hydrogen-bond donors (Lipinski definition) is 1. The molecule has 25 heavy (non-hydrogen) atoms. The van der Waals surface area contributed by atoms with Crippen LogP contribution < -0.4 is 5.73 Å². The minimum absolute atomic E-state index is 0.114. The van der Waals surface area contributed by atoms with E-state index in [0.29, 0.717) is 5.57 Å². The smallest absolute Gasteiger partial charge is 0.205 e. The van der Waals surface area contributed by atoms with Gasteiger partial charge in [-0.2, -0.15) is 5.26 Å². The van der Waals surface area contributed by atoms with E-state index in [2.05, 4.69) is 24.3 Å². The Kier molecular flexibility index (Phi) is 3.87. The molecule has 1 aliphatic carbocycles. The zero-order valence-corrected chi connectivity index (χ0v) is 13.8. The molecule has 1 heterocycles. The van der Waals surface area contributed by atoms with Crippen LogP contribution in [0.1, 0.15) is 29.9 Å². The molecule has 2 N–H and O–H groups in total. The maximum atomic E-state index is 9.61. The summed E-state index contributed by atoms with van der Waals surface area (Å²) in [5, 5.41) is 9.61. The second kappa shape index (κ2) is 6.33. The van der Waals surface area contributed by atoms with Gasteiger partial charge in [-0.1, -0.05) is 60.7 Å². The largest absolute Gasteiger partial charge is 0.440 e. The Morgan fingerprint density at radius 2 is 1.68 bits per heavy atom. The van der Waals surface area contributed by atoms with Crippen LogP contribution in [0.3, 0.4) is 0 Å². The van der Waals surface area contributed by atoms with Crippen molar-refractivity contribution in [1.82, 2.24) is 0 Å². The Morgan fingerprint density at radius 3 is 2.36 bits per heavy atom. The normalized spacial score (nSPS) is 21.1. The van der Waals surface area contributed by atoms with Crippen molar-refractivity contribution in [2.24, 2.45) is 5.73 Å². The number of nitrogens with two attached hydrogens (primary N) is 1. The van der Waals surface area contributed by atoms with Gasteiger partial charge in [-0.3, -0.25) is 0 Å². The number of nitriles is 1. The van der Waals surface area contributed by atoms with Gasteiger partial charge in [-0.05, 0) is 41.2 Å². The highest BCUT2D eigenvalue weighted by Crippen LogP contribution is 2.48. The van der Waals surface area contributed by atoms with Gasteiger partial charge in [-0.15, -0.1) is 0 Å². The molecule has 0 spiro atoms. The topological polar surface area (TPSA) is 59.0 Å². The van der Waals surface area contributed by atoms with Crippen LogP contribution in [-0.2, 0) is 4.74 Å². The van der Waals surface area contributed by atoms with Gasteiger partial charge >= 0.3 is 0 Å². The Morgan fingerprint density at radius 1 is 1.00 bits per heavy atom. The van der Waals surface area contributed by atoms with E-state index in [4.69, 9.17) is 10.5 Å². The molecule has 0 radical (unpaired) electrons. The van der Waals surface area contributed by atoms with Crippen molar-refractivity contribution in [3.8, 4) is 6.07 Å². The quantitative estimate of drug-likeness (QED) is 0.875. The highest BCUT2D eigenvalue weighted by molar-refractivity contribution is 5.63. The molecule has 0 fully saturated rings. The van der Waals surface area contributed by atoms with Crippen molar-refractivity contribution in [2.45, 2.75) is 18.8 Å². The first-order valence-corrected chi connectivity index (χ1v) is 8.39. The van der Waals surface area contributed by atoms with E-state index in [9.17, 15) is 5.26 Å². The van der Waals surface area contributed by atoms with Crippen LogP contribution in [-0.4, -0.2) is 0 Å². The van der Waals surface area contributed by atoms with E-state index in [0.717, 1.165) is 40.9 Å². The molecule has 0 unspecified atom stereocenters. The van der Waals surface area contributed by atoms with Gasteiger partial charge in [0.2, 0.25) is 5.88 Å². The van der Waals surface area contributed by atoms with Gasteiger partial charge in [0.15, 0.2) is 0 Å². The predicted molar refractivity (Wildman–Crippen MR) is 97.8 cm³/mol. The van der Waals surface area contributed by atoms with Gasteiger partial charge < -0.3 is 10.5 Å². The van der Waals surface area contributed by atoms with Crippen LogP contribution in [0.2, 0.25) is 0 Å².